The van der Waals surface area contributed by atoms with E-state index < -0.39 is 5.60 Å². The highest BCUT2D eigenvalue weighted by atomic mass is 32.1. The Morgan fingerprint density at radius 2 is 1.89 bits per heavy atom. The zero-order valence-corrected chi connectivity index (χ0v) is 16.6. The first-order valence-electron chi connectivity index (χ1n) is 9.32. The molecular formula is C21H24N2O3S. The van der Waals surface area contributed by atoms with Gasteiger partial charge in [0.1, 0.15) is 5.60 Å². The molecule has 4 rings (SSSR count). The van der Waals surface area contributed by atoms with Crippen LogP contribution in [0, 0.1) is 13.8 Å². The minimum Gasteiger partial charge on any atom is -0.441 e. The molecule has 0 N–H and O–H groups in total. The lowest BCUT2D eigenvalue weighted by molar-refractivity contribution is 0.00327. The summed E-state index contributed by atoms with van der Waals surface area (Å²) in [7, 11) is 0. The van der Waals surface area contributed by atoms with Crippen molar-refractivity contribution in [3.63, 3.8) is 0 Å². The van der Waals surface area contributed by atoms with Gasteiger partial charge in [0, 0.05) is 32.5 Å². The van der Waals surface area contributed by atoms with E-state index in [0.29, 0.717) is 39.0 Å². The lowest BCUT2D eigenvalue weighted by atomic mass is 9.91. The summed E-state index contributed by atoms with van der Waals surface area (Å²) < 4.78 is 5.81. The van der Waals surface area contributed by atoms with Gasteiger partial charge in [0.15, 0.2) is 0 Å². The molecule has 3 heterocycles. The zero-order chi connectivity index (χ0) is 19.0. The molecule has 142 valence electrons. The summed E-state index contributed by atoms with van der Waals surface area (Å²) >= 11 is 1.47. The number of benzene rings is 1. The first-order chi connectivity index (χ1) is 12.9. The largest absolute Gasteiger partial charge is 0.441 e. The fraction of sp³-hybridized carbons (Fsp3) is 0.429. The molecule has 2 fully saturated rings. The second-order valence-electron chi connectivity index (χ2n) is 7.67. The monoisotopic (exact) mass is 384 g/mol. The number of aryl methyl sites for hydroxylation is 2. The molecule has 6 heteroatoms. The molecule has 1 aromatic carbocycles. The first-order valence-corrected chi connectivity index (χ1v) is 10.2. The van der Waals surface area contributed by atoms with Gasteiger partial charge < -0.3 is 9.64 Å². The van der Waals surface area contributed by atoms with Crippen LogP contribution in [0.2, 0.25) is 0 Å². The van der Waals surface area contributed by atoms with Gasteiger partial charge in [0.05, 0.1) is 11.4 Å². The Bertz CT molecular complexity index is 834. The van der Waals surface area contributed by atoms with Crippen molar-refractivity contribution in [3.05, 3.63) is 57.3 Å². The van der Waals surface area contributed by atoms with E-state index in [1.807, 2.05) is 22.4 Å². The Morgan fingerprint density at radius 1 is 1.19 bits per heavy atom. The molecule has 5 nitrogen and oxygen atoms in total. The molecule has 27 heavy (non-hydrogen) atoms. The van der Waals surface area contributed by atoms with Crippen LogP contribution in [0.3, 0.4) is 0 Å². The molecule has 1 aromatic heterocycles. The summed E-state index contributed by atoms with van der Waals surface area (Å²) in [5, 5.41) is 1.92. The highest BCUT2D eigenvalue weighted by Crippen LogP contribution is 2.34. The van der Waals surface area contributed by atoms with Crippen molar-refractivity contribution in [2.24, 2.45) is 0 Å². The molecule has 1 spiro atoms. The molecule has 2 aliphatic rings. The molecule has 0 bridgehead atoms. The normalized spacial score (nSPS) is 18.8. The number of ether oxygens (including phenoxy) is 1. The quantitative estimate of drug-likeness (QED) is 0.804. The van der Waals surface area contributed by atoms with Crippen LogP contribution < -0.4 is 0 Å². The summed E-state index contributed by atoms with van der Waals surface area (Å²) in [4.78, 5) is 29.4. The molecular weight excluding hydrogens is 360 g/mol. The number of hydrogen-bond acceptors (Lipinski definition) is 4. The Kier molecular flexibility index (Phi) is 4.68. The Hall–Kier alpha value is -2.34. The van der Waals surface area contributed by atoms with E-state index >= 15 is 0 Å². The van der Waals surface area contributed by atoms with E-state index in [9.17, 15) is 9.59 Å². The summed E-state index contributed by atoms with van der Waals surface area (Å²) in [6, 6.07) is 10.1. The maximum Gasteiger partial charge on any atom is 0.410 e. The van der Waals surface area contributed by atoms with Crippen LogP contribution in [-0.4, -0.2) is 47.0 Å². The topological polar surface area (TPSA) is 49.9 Å². The summed E-state index contributed by atoms with van der Waals surface area (Å²) in [6.45, 7) is 6.56. The number of rotatable bonds is 3. The Balaban J connectivity index is 1.40. The van der Waals surface area contributed by atoms with Crippen molar-refractivity contribution < 1.29 is 14.3 Å². The van der Waals surface area contributed by atoms with Crippen molar-refractivity contribution in [3.8, 4) is 0 Å². The first kappa shape index (κ1) is 18.0. The van der Waals surface area contributed by atoms with Crippen LogP contribution >= 0.6 is 11.3 Å². The number of carbonyl (C=O) groups excluding carboxylic acids is 2. The summed E-state index contributed by atoms with van der Waals surface area (Å²) in [6.07, 6.45) is 1.14. The SMILES string of the molecule is Cc1cc(C)cc(CN2CC3(CCN(C(=O)c4cccs4)CC3)OC2=O)c1. The molecule has 0 atom stereocenters. The predicted molar refractivity (Wildman–Crippen MR) is 105 cm³/mol. The average Bonchev–Trinajstić information content (AvgIpc) is 3.23. The molecule has 0 saturated carbocycles. The van der Waals surface area contributed by atoms with Gasteiger partial charge in [0.2, 0.25) is 0 Å². The minimum atomic E-state index is -0.456. The molecule has 0 aliphatic carbocycles. The summed E-state index contributed by atoms with van der Waals surface area (Å²) in [5.74, 6) is 0.0799. The van der Waals surface area contributed by atoms with Gasteiger partial charge in [-0.3, -0.25) is 9.69 Å². The van der Waals surface area contributed by atoms with Crippen LogP contribution in [0.15, 0.2) is 35.7 Å². The Morgan fingerprint density at radius 3 is 2.52 bits per heavy atom. The van der Waals surface area contributed by atoms with Gasteiger partial charge in [0.25, 0.3) is 5.91 Å². The van der Waals surface area contributed by atoms with E-state index in [0.717, 1.165) is 10.4 Å². The minimum absolute atomic E-state index is 0.0799. The average molecular weight is 385 g/mol. The predicted octanol–water partition coefficient (Wildman–Crippen LogP) is 3.99. The molecule has 2 saturated heterocycles. The van der Waals surface area contributed by atoms with E-state index in [4.69, 9.17) is 4.74 Å². The van der Waals surface area contributed by atoms with E-state index in [-0.39, 0.29) is 12.0 Å². The second-order valence-corrected chi connectivity index (χ2v) is 8.62. The van der Waals surface area contributed by atoms with Crippen LogP contribution in [0.1, 0.15) is 39.2 Å². The van der Waals surface area contributed by atoms with Crippen LogP contribution in [0.5, 0.6) is 0 Å². The molecule has 2 aromatic rings. The van der Waals surface area contributed by atoms with Gasteiger partial charge in [-0.25, -0.2) is 4.79 Å². The van der Waals surface area contributed by atoms with E-state index in [1.54, 1.807) is 4.90 Å². The van der Waals surface area contributed by atoms with Gasteiger partial charge in [-0.2, -0.15) is 0 Å². The fourth-order valence-electron chi connectivity index (χ4n) is 4.13. The van der Waals surface area contributed by atoms with Crippen molar-refractivity contribution in [1.29, 1.82) is 0 Å². The number of amides is 2. The lowest BCUT2D eigenvalue weighted by Crippen LogP contribution is -2.48. The fourth-order valence-corrected chi connectivity index (χ4v) is 4.82. The van der Waals surface area contributed by atoms with Gasteiger partial charge >= 0.3 is 6.09 Å². The van der Waals surface area contributed by atoms with Crippen molar-refractivity contribution in [1.82, 2.24) is 9.80 Å². The number of hydrogen-bond donors (Lipinski definition) is 0. The standard InChI is InChI=1S/C21H24N2O3S/c1-15-10-16(2)12-17(11-15)13-23-14-21(26-20(23)25)5-7-22(8-6-21)19(24)18-4-3-9-27-18/h3-4,9-12H,5-8,13-14H2,1-2H3. The highest BCUT2D eigenvalue weighted by molar-refractivity contribution is 7.12. The van der Waals surface area contributed by atoms with Gasteiger partial charge in [-0.05, 0) is 30.9 Å². The third-order valence-corrected chi connectivity index (χ3v) is 6.25. The highest BCUT2D eigenvalue weighted by Gasteiger charge is 2.47. The molecule has 0 unspecified atom stereocenters. The number of carbonyl (C=O) groups is 2. The van der Waals surface area contributed by atoms with Gasteiger partial charge in [-0.15, -0.1) is 11.3 Å². The van der Waals surface area contributed by atoms with Crippen LogP contribution in [0.25, 0.3) is 0 Å². The number of nitrogens with zero attached hydrogens (tertiary/aromatic N) is 2. The third-order valence-electron chi connectivity index (χ3n) is 5.39. The zero-order valence-electron chi connectivity index (χ0n) is 15.7. The number of piperidine rings is 1. The summed E-state index contributed by atoms with van der Waals surface area (Å²) in [5.41, 5.74) is 3.08. The molecule has 0 radical (unpaired) electrons. The Labute approximate surface area is 163 Å². The maximum absolute atomic E-state index is 12.5. The van der Waals surface area contributed by atoms with Gasteiger partial charge in [-0.1, -0.05) is 35.4 Å². The van der Waals surface area contributed by atoms with E-state index in [1.165, 1.54) is 22.5 Å². The third kappa shape index (κ3) is 3.72. The second kappa shape index (κ2) is 7.00. The van der Waals surface area contributed by atoms with Crippen LogP contribution in [-0.2, 0) is 11.3 Å². The molecule has 2 amide bonds. The van der Waals surface area contributed by atoms with E-state index in [2.05, 4.69) is 32.0 Å². The van der Waals surface area contributed by atoms with Crippen molar-refractivity contribution in [2.75, 3.05) is 19.6 Å². The lowest BCUT2D eigenvalue weighted by Gasteiger charge is -2.37. The molecule has 2 aliphatic heterocycles. The van der Waals surface area contributed by atoms with Crippen molar-refractivity contribution in [2.45, 2.75) is 38.8 Å². The number of likely N-dealkylation sites (tertiary alicyclic amines) is 1. The van der Waals surface area contributed by atoms with Crippen molar-refractivity contribution >= 4 is 23.3 Å². The number of thiophene rings is 1. The smallest absolute Gasteiger partial charge is 0.410 e. The van der Waals surface area contributed by atoms with Crippen LogP contribution in [0.4, 0.5) is 4.79 Å². The maximum atomic E-state index is 12.5.